The normalized spacial score (nSPS) is 11.6. The number of amides is 3. The van der Waals surface area contributed by atoms with Gasteiger partial charge in [-0.05, 0) is 0 Å². The highest BCUT2D eigenvalue weighted by Crippen LogP contribution is 1.86. The van der Waals surface area contributed by atoms with Crippen LogP contribution in [0.2, 0.25) is 0 Å². The van der Waals surface area contributed by atoms with Gasteiger partial charge in [-0.2, -0.15) is 0 Å². The Balaban J connectivity index is 3.75. The van der Waals surface area contributed by atoms with Crippen molar-refractivity contribution in [3.8, 4) is 0 Å². The van der Waals surface area contributed by atoms with Gasteiger partial charge < -0.3 is 26.8 Å². The number of carbonyl (C=O) groups excluding carboxylic acids is 3. The zero-order chi connectivity index (χ0) is 13.3. The van der Waals surface area contributed by atoms with Crippen LogP contribution < -0.4 is 22.1 Å². The van der Waals surface area contributed by atoms with Crippen molar-refractivity contribution in [2.45, 2.75) is 12.5 Å². The molecule has 1 unspecified atom stereocenters. The van der Waals surface area contributed by atoms with Crippen LogP contribution in [0, 0.1) is 0 Å². The standard InChI is InChI=1S/C9H18N4O4/c1-17-3-2-12-8(15)5-13-9(16)6(10)4-7(11)14/h6H,2-5,10H2,1H3,(H2,11,14)(H,12,15)(H,13,16). The molecule has 17 heavy (non-hydrogen) atoms. The van der Waals surface area contributed by atoms with Gasteiger partial charge in [0.25, 0.3) is 0 Å². The lowest BCUT2D eigenvalue weighted by Crippen LogP contribution is -2.46. The summed E-state index contributed by atoms with van der Waals surface area (Å²) >= 11 is 0. The Morgan fingerprint density at radius 1 is 1.29 bits per heavy atom. The van der Waals surface area contributed by atoms with Crippen molar-refractivity contribution in [3.05, 3.63) is 0 Å². The minimum Gasteiger partial charge on any atom is -0.383 e. The van der Waals surface area contributed by atoms with Crippen LogP contribution in [0.5, 0.6) is 0 Å². The van der Waals surface area contributed by atoms with Gasteiger partial charge in [-0.3, -0.25) is 14.4 Å². The van der Waals surface area contributed by atoms with Crippen molar-refractivity contribution < 1.29 is 19.1 Å². The van der Waals surface area contributed by atoms with Crippen molar-refractivity contribution in [1.29, 1.82) is 0 Å². The number of nitrogens with two attached hydrogens (primary N) is 2. The Kier molecular flexibility index (Phi) is 7.65. The average molecular weight is 246 g/mol. The monoisotopic (exact) mass is 246 g/mol. The second-order valence-corrected chi connectivity index (χ2v) is 3.34. The summed E-state index contributed by atoms with van der Waals surface area (Å²) in [6.45, 7) is 0.550. The molecule has 0 saturated heterocycles. The van der Waals surface area contributed by atoms with Crippen LogP contribution in [0.25, 0.3) is 0 Å². The third kappa shape index (κ3) is 8.17. The number of ether oxygens (including phenoxy) is 1. The minimum atomic E-state index is -1.03. The number of carbonyl (C=O) groups is 3. The minimum absolute atomic E-state index is 0.199. The summed E-state index contributed by atoms with van der Waals surface area (Å²) in [4.78, 5) is 32.9. The Morgan fingerprint density at radius 3 is 2.47 bits per heavy atom. The molecule has 0 fully saturated rings. The number of rotatable bonds is 8. The van der Waals surface area contributed by atoms with E-state index in [1.54, 1.807) is 0 Å². The molecule has 0 saturated carbocycles. The number of primary amides is 1. The third-order valence-electron chi connectivity index (χ3n) is 1.81. The maximum Gasteiger partial charge on any atom is 0.239 e. The first kappa shape index (κ1) is 15.3. The second-order valence-electron chi connectivity index (χ2n) is 3.34. The summed E-state index contributed by atoms with van der Waals surface area (Å²) in [5.41, 5.74) is 10.2. The van der Waals surface area contributed by atoms with Crippen LogP contribution in [0.1, 0.15) is 6.42 Å². The maximum absolute atomic E-state index is 11.3. The largest absolute Gasteiger partial charge is 0.383 e. The molecule has 0 aromatic rings. The molecule has 0 aliphatic carbocycles. The highest BCUT2D eigenvalue weighted by atomic mass is 16.5. The van der Waals surface area contributed by atoms with E-state index >= 15 is 0 Å². The Hall–Kier alpha value is -1.67. The van der Waals surface area contributed by atoms with Crippen LogP contribution in [0.4, 0.5) is 0 Å². The molecule has 0 radical (unpaired) electrons. The van der Waals surface area contributed by atoms with Crippen LogP contribution in [0.3, 0.4) is 0 Å². The second kappa shape index (κ2) is 8.48. The molecule has 0 spiro atoms. The highest BCUT2D eigenvalue weighted by Gasteiger charge is 2.16. The van der Waals surface area contributed by atoms with Crippen molar-refractivity contribution >= 4 is 17.7 Å². The molecule has 3 amide bonds. The summed E-state index contributed by atoms with van der Waals surface area (Å²) in [5, 5.41) is 4.80. The third-order valence-corrected chi connectivity index (χ3v) is 1.81. The number of hydrogen-bond donors (Lipinski definition) is 4. The first-order valence-electron chi connectivity index (χ1n) is 5.04. The molecule has 6 N–H and O–H groups in total. The highest BCUT2D eigenvalue weighted by molar-refractivity contribution is 5.90. The van der Waals surface area contributed by atoms with Gasteiger partial charge in [0.2, 0.25) is 17.7 Å². The van der Waals surface area contributed by atoms with E-state index in [0.717, 1.165) is 0 Å². The molecular formula is C9H18N4O4. The van der Waals surface area contributed by atoms with Crippen LogP contribution in [0.15, 0.2) is 0 Å². The first-order valence-corrected chi connectivity index (χ1v) is 5.04. The fourth-order valence-corrected chi connectivity index (χ4v) is 0.963. The molecule has 0 aliphatic heterocycles. The van der Waals surface area contributed by atoms with Crippen molar-refractivity contribution in [2.24, 2.45) is 11.5 Å². The van der Waals surface area contributed by atoms with Crippen molar-refractivity contribution in [3.63, 3.8) is 0 Å². The lowest BCUT2D eigenvalue weighted by Gasteiger charge is -2.10. The Labute approximate surface area is 99.0 Å². The van der Waals surface area contributed by atoms with E-state index in [9.17, 15) is 14.4 Å². The maximum atomic E-state index is 11.3. The Morgan fingerprint density at radius 2 is 1.94 bits per heavy atom. The SMILES string of the molecule is COCCNC(=O)CNC(=O)C(N)CC(N)=O. The topological polar surface area (TPSA) is 137 Å². The van der Waals surface area contributed by atoms with E-state index in [0.29, 0.717) is 13.2 Å². The number of methoxy groups -OCH3 is 1. The van der Waals surface area contributed by atoms with E-state index in [2.05, 4.69) is 10.6 Å². The predicted molar refractivity (Wildman–Crippen MR) is 59.7 cm³/mol. The molecule has 0 rings (SSSR count). The molecule has 8 heteroatoms. The first-order chi connectivity index (χ1) is 7.97. The molecule has 98 valence electrons. The lowest BCUT2D eigenvalue weighted by molar-refractivity contribution is -0.128. The average Bonchev–Trinajstić information content (AvgIpc) is 2.25. The molecule has 0 aromatic carbocycles. The van der Waals surface area contributed by atoms with Crippen LogP contribution >= 0.6 is 0 Å². The van der Waals surface area contributed by atoms with Crippen molar-refractivity contribution in [1.82, 2.24) is 10.6 Å². The predicted octanol–water partition coefficient (Wildman–Crippen LogP) is -2.93. The summed E-state index contributed by atoms with van der Waals surface area (Å²) in [7, 11) is 1.51. The smallest absolute Gasteiger partial charge is 0.239 e. The van der Waals surface area contributed by atoms with Gasteiger partial charge >= 0.3 is 0 Å². The molecule has 8 nitrogen and oxygen atoms in total. The van der Waals surface area contributed by atoms with Gasteiger partial charge in [0.15, 0.2) is 0 Å². The van der Waals surface area contributed by atoms with Gasteiger partial charge in [0.05, 0.1) is 25.6 Å². The fourth-order valence-electron chi connectivity index (χ4n) is 0.963. The summed E-state index contributed by atoms with van der Waals surface area (Å²) < 4.78 is 4.73. The Bertz CT molecular complexity index is 282. The van der Waals surface area contributed by atoms with Gasteiger partial charge in [0.1, 0.15) is 0 Å². The number of nitrogens with one attached hydrogen (secondary N) is 2. The van der Waals surface area contributed by atoms with E-state index in [4.69, 9.17) is 16.2 Å². The molecule has 0 aliphatic rings. The van der Waals surface area contributed by atoms with Gasteiger partial charge in [-0.15, -0.1) is 0 Å². The molecule has 0 heterocycles. The van der Waals surface area contributed by atoms with Crippen LogP contribution in [-0.4, -0.2) is 50.6 Å². The summed E-state index contributed by atoms with van der Waals surface area (Å²) in [6.07, 6.45) is -0.253. The zero-order valence-electron chi connectivity index (χ0n) is 9.69. The fraction of sp³-hybridized carbons (Fsp3) is 0.667. The zero-order valence-corrected chi connectivity index (χ0v) is 9.69. The van der Waals surface area contributed by atoms with Gasteiger partial charge in [-0.1, -0.05) is 0 Å². The molecule has 0 aromatic heterocycles. The van der Waals surface area contributed by atoms with Gasteiger partial charge in [0, 0.05) is 13.7 Å². The number of hydrogen-bond acceptors (Lipinski definition) is 5. The summed E-state index contributed by atoms with van der Waals surface area (Å²) in [5.74, 6) is -1.62. The lowest BCUT2D eigenvalue weighted by atomic mass is 10.2. The van der Waals surface area contributed by atoms with E-state index in [1.807, 2.05) is 0 Å². The molecule has 0 bridgehead atoms. The molecular weight excluding hydrogens is 228 g/mol. The summed E-state index contributed by atoms with van der Waals surface area (Å²) in [6, 6.07) is -1.03. The van der Waals surface area contributed by atoms with E-state index in [-0.39, 0.29) is 18.9 Å². The molecule has 1 atom stereocenters. The van der Waals surface area contributed by atoms with Crippen molar-refractivity contribution in [2.75, 3.05) is 26.8 Å². The van der Waals surface area contributed by atoms with Gasteiger partial charge in [-0.25, -0.2) is 0 Å². The van der Waals surface area contributed by atoms with Crippen LogP contribution in [-0.2, 0) is 19.1 Å². The van der Waals surface area contributed by atoms with E-state index < -0.39 is 17.9 Å². The van der Waals surface area contributed by atoms with E-state index in [1.165, 1.54) is 7.11 Å². The quantitative estimate of drug-likeness (QED) is 0.340.